The lowest BCUT2D eigenvalue weighted by Gasteiger charge is -2.18. The number of likely N-dealkylation sites (N-methyl/N-ethyl adjacent to an activating group) is 1. The van der Waals surface area contributed by atoms with Crippen LogP contribution in [-0.4, -0.2) is 74.1 Å². The number of ketones is 1. The predicted octanol–water partition coefficient (Wildman–Crippen LogP) is 3.48. The number of carbonyl (C=O) groups is 3. The van der Waals surface area contributed by atoms with E-state index in [2.05, 4.69) is 25.8 Å². The summed E-state index contributed by atoms with van der Waals surface area (Å²) in [5.74, 6) is -0.729. The Bertz CT molecular complexity index is 1660. The van der Waals surface area contributed by atoms with Gasteiger partial charge in [-0.05, 0) is 30.3 Å². The number of anilines is 2. The number of fused-ring (bicyclic) bond motifs is 1. The van der Waals surface area contributed by atoms with Crippen LogP contribution in [0.15, 0.2) is 73.1 Å². The molecule has 0 saturated heterocycles. The molecule has 40 heavy (non-hydrogen) atoms. The van der Waals surface area contributed by atoms with Crippen LogP contribution in [0.5, 0.6) is 0 Å². The first-order chi connectivity index (χ1) is 19.3. The van der Waals surface area contributed by atoms with Crippen LogP contribution in [0.4, 0.5) is 11.6 Å². The molecule has 11 nitrogen and oxygen atoms in total. The van der Waals surface area contributed by atoms with E-state index in [1.54, 1.807) is 67.5 Å². The van der Waals surface area contributed by atoms with E-state index >= 15 is 0 Å². The van der Waals surface area contributed by atoms with Gasteiger partial charge in [-0.2, -0.15) is 5.10 Å². The summed E-state index contributed by atoms with van der Waals surface area (Å²) in [5, 5.41) is 23.3. The number of H-pyrrole nitrogens is 1. The fourth-order valence-corrected chi connectivity index (χ4v) is 5.02. The summed E-state index contributed by atoms with van der Waals surface area (Å²) < 4.78 is 1.60. The summed E-state index contributed by atoms with van der Waals surface area (Å²) in [6.07, 6.45) is 2.07. The lowest BCUT2D eigenvalue weighted by atomic mass is 10.1. The quantitative estimate of drug-likeness (QED) is 0.192. The summed E-state index contributed by atoms with van der Waals surface area (Å²) in [6, 6.07) is 17.8. The van der Waals surface area contributed by atoms with Crippen LogP contribution in [-0.2, 0) is 11.3 Å². The number of nitrogens with zero attached hydrogens (tertiary/aromatic N) is 4. The Kier molecular flexibility index (Phi) is 7.71. The summed E-state index contributed by atoms with van der Waals surface area (Å²) in [4.78, 5) is 45.3. The Balaban J connectivity index is 1.41. The maximum absolute atomic E-state index is 13.2. The van der Waals surface area contributed by atoms with Gasteiger partial charge in [0.15, 0.2) is 11.9 Å². The third kappa shape index (κ3) is 5.77. The second kappa shape index (κ2) is 11.5. The minimum atomic E-state index is -1.35. The average molecular weight is 558 g/mol. The van der Waals surface area contributed by atoms with E-state index in [0.29, 0.717) is 27.2 Å². The first-order valence-corrected chi connectivity index (χ1v) is 13.2. The number of amides is 2. The smallest absolute Gasteiger partial charge is 0.268 e. The fraction of sp³-hybridized carbons (Fsp3) is 0.179. The Morgan fingerprint density at radius 2 is 1.90 bits per heavy atom. The first kappa shape index (κ1) is 26.8. The molecule has 1 unspecified atom stereocenters. The van der Waals surface area contributed by atoms with E-state index in [1.807, 2.05) is 24.3 Å². The van der Waals surface area contributed by atoms with E-state index in [0.717, 1.165) is 10.4 Å². The number of carbonyl (C=O) groups excluding carboxylic acids is 3. The van der Waals surface area contributed by atoms with Crippen molar-refractivity contribution in [2.75, 3.05) is 31.3 Å². The molecule has 3 aromatic heterocycles. The summed E-state index contributed by atoms with van der Waals surface area (Å²) in [7, 11) is 3.12. The van der Waals surface area contributed by atoms with Crippen LogP contribution in [0.2, 0.25) is 0 Å². The number of benzene rings is 2. The van der Waals surface area contributed by atoms with Gasteiger partial charge in [0.05, 0.1) is 35.2 Å². The largest absolute Gasteiger partial charge is 0.381 e. The molecular weight excluding hydrogens is 530 g/mol. The second-order valence-electron chi connectivity index (χ2n) is 9.25. The molecular formula is C28H27N7O4S. The number of aromatic amines is 1. The Hall–Kier alpha value is -4.81. The maximum Gasteiger partial charge on any atom is 0.268 e. The zero-order chi connectivity index (χ0) is 28.2. The van der Waals surface area contributed by atoms with Crippen molar-refractivity contribution >= 4 is 51.6 Å². The number of thiophene rings is 1. The number of hydrogen-bond donors (Lipinski definition) is 4. The molecule has 12 heteroatoms. The molecule has 1 atom stereocenters. The summed E-state index contributed by atoms with van der Waals surface area (Å²) in [5.41, 5.74) is 3.25. The molecule has 5 rings (SSSR count). The van der Waals surface area contributed by atoms with E-state index in [-0.39, 0.29) is 30.7 Å². The van der Waals surface area contributed by atoms with Gasteiger partial charge in [-0.3, -0.25) is 24.8 Å². The first-order valence-electron chi connectivity index (χ1n) is 12.4. The van der Waals surface area contributed by atoms with Crippen LogP contribution < -0.4 is 10.6 Å². The van der Waals surface area contributed by atoms with Gasteiger partial charge in [-0.15, -0.1) is 11.3 Å². The molecule has 204 valence electrons. The van der Waals surface area contributed by atoms with Crippen molar-refractivity contribution in [3.8, 4) is 10.4 Å². The second-order valence-corrected chi connectivity index (χ2v) is 10.3. The molecule has 0 fully saturated rings. The Morgan fingerprint density at radius 3 is 2.62 bits per heavy atom. The van der Waals surface area contributed by atoms with Gasteiger partial charge < -0.3 is 19.9 Å². The minimum absolute atomic E-state index is 0.0600. The van der Waals surface area contributed by atoms with Gasteiger partial charge >= 0.3 is 0 Å². The van der Waals surface area contributed by atoms with Crippen molar-refractivity contribution in [1.82, 2.24) is 24.6 Å². The molecule has 2 amide bonds. The van der Waals surface area contributed by atoms with Crippen molar-refractivity contribution in [2.24, 2.45) is 0 Å². The molecule has 0 aliphatic rings. The highest BCUT2D eigenvalue weighted by molar-refractivity contribution is 7.17. The predicted molar refractivity (Wildman–Crippen MR) is 154 cm³/mol. The Morgan fingerprint density at radius 1 is 1.10 bits per heavy atom. The maximum atomic E-state index is 13.2. The molecule has 0 aliphatic carbocycles. The zero-order valence-electron chi connectivity index (χ0n) is 21.8. The standard InChI is InChI=1S/C28H27N7O4S/c1-34(2)27(39)23(37)16-35-21-9-8-19(29-15-22(36)17-6-4-3-5-7-17)12-20(21)32-28(35)33-26(38)25-11-10-24(40-25)18-13-30-31-14-18/h3-14,23,29,37H,15-16H2,1-2H3,(H,30,31)(H,32,33,38). The lowest BCUT2D eigenvalue weighted by molar-refractivity contribution is -0.138. The Labute approximate surface area is 233 Å². The molecule has 4 N–H and O–H groups in total. The number of aromatic nitrogens is 4. The molecule has 2 aromatic carbocycles. The molecule has 0 saturated carbocycles. The molecule has 0 radical (unpaired) electrons. The zero-order valence-corrected chi connectivity index (χ0v) is 22.6. The van der Waals surface area contributed by atoms with E-state index < -0.39 is 12.0 Å². The fourth-order valence-electron chi connectivity index (χ4n) is 4.14. The average Bonchev–Trinajstić information content (AvgIpc) is 3.72. The van der Waals surface area contributed by atoms with Crippen LogP contribution in [0, 0.1) is 0 Å². The number of imidazole rings is 1. The normalized spacial score (nSPS) is 11.8. The van der Waals surface area contributed by atoms with Gasteiger partial charge in [-0.25, -0.2) is 4.98 Å². The van der Waals surface area contributed by atoms with Crippen molar-refractivity contribution < 1.29 is 19.5 Å². The topological polar surface area (TPSA) is 145 Å². The van der Waals surface area contributed by atoms with E-state index in [9.17, 15) is 19.5 Å². The van der Waals surface area contributed by atoms with Crippen molar-refractivity contribution in [3.63, 3.8) is 0 Å². The van der Waals surface area contributed by atoms with Gasteiger partial charge in [0, 0.05) is 42.0 Å². The third-order valence-electron chi connectivity index (χ3n) is 6.22. The number of hydrogen-bond acceptors (Lipinski definition) is 8. The minimum Gasteiger partial charge on any atom is -0.381 e. The summed E-state index contributed by atoms with van der Waals surface area (Å²) >= 11 is 1.30. The highest BCUT2D eigenvalue weighted by atomic mass is 32.1. The van der Waals surface area contributed by atoms with Crippen LogP contribution in [0.3, 0.4) is 0 Å². The molecule has 0 spiro atoms. The monoisotopic (exact) mass is 557 g/mol. The number of nitrogens with one attached hydrogen (secondary N) is 3. The highest BCUT2D eigenvalue weighted by Gasteiger charge is 2.23. The number of Topliss-reactive ketones (excluding diaryl/α,β-unsaturated/α-hetero) is 1. The molecule has 3 heterocycles. The summed E-state index contributed by atoms with van der Waals surface area (Å²) in [6.45, 7) is -0.0274. The lowest BCUT2D eigenvalue weighted by Crippen LogP contribution is -2.36. The number of aliphatic hydroxyl groups is 1. The van der Waals surface area contributed by atoms with Gasteiger partial charge in [0.1, 0.15) is 0 Å². The van der Waals surface area contributed by atoms with Crippen molar-refractivity contribution in [2.45, 2.75) is 12.6 Å². The number of rotatable bonds is 10. The van der Waals surface area contributed by atoms with Crippen molar-refractivity contribution in [3.05, 3.63) is 83.5 Å². The third-order valence-corrected chi connectivity index (χ3v) is 7.35. The van der Waals surface area contributed by atoms with Crippen LogP contribution in [0.1, 0.15) is 20.0 Å². The van der Waals surface area contributed by atoms with Crippen molar-refractivity contribution in [1.29, 1.82) is 0 Å². The van der Waals surface area contributed by atoms with Gasteiger partial charge in [-0.1, -0.05) is 30.3 Å². The molecule has 0 bridgehead atoms. The SMILES string of the molecule is CN(C)C(=O)C(O)Cn1c(NC(=O)c2ccc(-c3cn[nH]c3)s2)nc2cc(NCC(=O)c3ccccc3)ccc21. The molecule has 0 aliphatic heterocycles. The van der Waals surface area contributed by atoms with Crippen LogP contribution in [0.25, 0.3) is 21.5 Å². The number of aliphatic hydroxyl groups excluding tert-OH is 1. The van der Waals surface area contributed by atoms with Crippen LogP contribution >= 0.6 is 11.3 Å². The van der Waals surface area contributed by atoms with Gasteiger partial charge in [0.25, 0.3) is 11.8 Å². The van der Waals surface area contributed by atoms with Gasteiger partial charge in [0.2, 0.25) is 5.95 Å². The molecule has 5 aromatic rings. The highest BCUT2D eigenvalue weighted by Crippen LogP contribution is 2.29. The van der Waals surface area contributed by atoms with E-state index in [1.165, 1.54) is 16.2 Å². The van der Waals surface area contributed by atoms with E-state index in [4.69, 9.17) is 0 Å².